The van der Waals surface area contributed by atoms with Crippen molar-refractivity contribution in [2.45, 2.75) is 13.8 Å². The molecule has 1 N–H and O–H groups in total. The van der Waals surface area contributed by atoms with Crippen LogP contribution in [0.5, 0.6) is 0 Å². The Balaban J connectivity index is 2.01. The third-order valence-corrected chi connectivity index (χ3v) is 5.91. The average molecular weight is 375 g/mol. The molecule has 0 radical (unpaired) electrons. The van der Waals surface area contributed by atoms with Crippen molar-refractivity contribution in [3.63, 3.8) is 0 Å². The number of hydrogen-bond acceptors (Lipinski definition) is 3. The minimum Gasteiger partial charge on any atom is -0.314 e. The predicted molar refractivity (Wildman–Crippen MR) is 104 cm³/mol. The van der Waals surface area contributed by atoms with Crippen molar-refractivity contribution in [3.8, 4) is 0 Å². The van der Waals surface area contributed by atoms with Gasteiger partial charge in [-0.1, -0.05) is 37.3 Å². The van der Waals surface area contributed by atoms with E-state index in [1.165, 1.54) is 16.4 Å². The zero-order chi connectivity index (χ0) is 18.7. The fraction of sp³-hybridized carbons (Fsp3) is 0.263. The van der Waals surface area contributed by atoms with Crippen molar-refractivity contribution in [2.24, 2.45) is 0 Å². The lowest BCUT2D eigenvalue weighted by Crippen LogP contribution is -2.35. The highest BCUT2D eigenvalue weighted by molar-refractivity contribution is 7.95. The molecule has 0 fully saturated rings. The Morgan fingerprint density at radius 1 is 1.08 bits per heavy atom. The molecule has 1 aliphatic rings. The third-order valence-electron chi connectivity index (χ3n) is 4.15. The van der Waals surface area contributed by atoms with E-state index in [-0.39, 0.29) is 12.2 Å². The third kappa shape index (κ3) is 3.32. The molecule has 0 amide bonds. The smallest absolute Gasteiger partial charge is 0.314 e. The van der Waals surface area contributed by atoms with Gasteiger partial charge in [-0.3, -0.25) is 0 Å². The minimum atomic E-state index is -3.91. The summed E-state index contributed by atoms with van der Waals surface area (Å²) in [6, 6.07) is 11.5. The minimum absolute atomic E-state index is 0.0298. The lowest BCUT2D eigenvalue weighted by molar-refractivity contribution is 0.592. The molecule has 5 nitrogen and oxygen atoms in total. The molecule has 0 bridgehead atoms. The van der Waals surface area contributed by atoms with E-state index in [1.807, 2.05) is 13.0 Å². The Morgan fingerprint density at radius 3 is 2.50 bits per heavy atom. The molecule has 7 heteroatoms. The highest BCUT2D eigenvalue weighted by Crippen LogP contribution is 2.45. The van der Waals surface area contributed by atoms with E-state index in [0.717, 1.165) is 16.4 Å². The second kappa shape index (κ2) is 7.47. The van der Waals surface area contributed by atoms with Crippen LogP contribution >= 0.6 is 0 Å². The van der Waals surface area contributed by atoms with Crippen LogP contribution in [-0.2, 0) is 10.2 Å². The van der Waals surface area contributed by atoms with Gasteiger partial charge in [0.05, 0.1) is 23.6 Å². The number of rotatable bonds is 6. The molecule has 0 spiro atoms. The first-order valence-electron chi connectivity index (χ1n) is 8.50. The molecule has 0 saturated carbocycles. The maximum Gasteiger partial charge on any atom is 0.331 e. The molecule has 2 aromatic carbocycles. The second-order valence-electron chi connectivity index (χ2n) is 6.03. The van der Waals surface area contributed by atoms with E-state index < -0.39 is 16.0 Å². The number of anilines is 3. The number of halogens is 1. The number of benzene rings is 2. The van der Waals surface area contributed by atoms with Crippen molar-refractivity contribution >= 4 is 27.3 Å². The maximum absolute atomic E-state index is 14.5. The van der Waals surface area contributed by atoms with E-state index in [4.69, 9.17) is 0 Å². The summed E-state index contributed by atoms with van der Waals surface area (Å²) in [5.41, 5.74) is 1.76. The Kier molecular flexibility index (Phi) is 5.29. The number of nitrogens with one attached hydrogen (secondary N) is 1. The van der Waals surface area contributed by atoms with Gasteiger partial charge in [0, 0.05) is 6.54 Å². The van der Waals surface area contributed by atoms with E-state index in [0.29, 0.717) is 17.9 Å². The summed E-state index contributed by atoms with van der Waals surface area (Å²) in [5.74, 6) is -0.562. The highest BCUT2D eigenvalue weighted by atomic mass is 32.2. The lowest BCUT2D eigenvalue weighted by Gasteiger charge is -2.21. The molecule has 3 rings (SSSR count). The summed E-state index contributed by atoms with van der Waals surface area (Å²) in [5, 5.41) is 3.15. The molecular formula is C19H22FN3O2S. The van der Waals surface area contributed by atoms with Gasteiger partial charge in [0.25, 0.3) is 0 Å². The first-order valence-corrected chi connectivity index (χ1v) is 9.90. The number of likely N-dealkylation sites (N-methyl/N-ethyl adjacent to an activating group) is 1. The molecule has 2 aromatic rings. The summed E-state index contributed by atoms with van der Waals surface area (Å²) in [6.45, 7) is 5.47. The predicted octanol–water partition coefficient (Wildman–Crippen LogP) is 3.50. The summed E-state index contributed by atoms with van der Waals surface area (Å²) in [4.78, 5) is 0. The molecule has 26 heavy (non-hydrogen) atoms. The van der Waals surface area contributed by atoms with E-state index >= 15 is 0 Å². The zero-order valence-corrected chi connectivity index (χ0v) is 15.6. The average Bonchev–Trinajstić information content (AvgIpc) is 2.82. The van der Waals surface area contributed by atoms with Gasteiger partial charge in [0.15, 0.2) is 0 Å². The van der Waals surface area contributed by atoms with Gasteiger partial charge in [-0.05, 0) is 43.3 Å². The van der Waals surface area contributed by atoms with Gasteiger partial charge < -0.3 is 5.32 Å². The summed E-state index contributed by atoms with van der Waals surface area (Å²) in [6.07, 6.45) is 3.68. The van der Waals surface area contributed by atoms with Crippen LogP contribution in [0.15, 0.2) is 54.6 Å². The summed E-state index contributed by atoms with van der Waals surface area (Å²) in [7, 11) is -3.91. The molecular weight excluding hydrogens is 353 g/mol. The second-order valence-corrected chi connectivity index (χ2v) is 7.73. The molecule has 0 saturated heterocycles. The standard InChI is InChI=1S/C19H22FN3O2S/c1-3-21-12-6-7-13-22-18-8-4-5-9-19(18)23(26(22,24)25)17-11-10-15(2)14-16(17)20/h4-11,14,21H,3,12-13H2,1-2H3. The Morgan fingerprint density at radius 2 is 1.81 bits per heavy atom. The van der Waals surface area contributed by atoms with Crippen LogP contribution < -0.4 is 13.9 Å². The van der Waals surface area contributed by atoms with Gasteiger partial charge in [0.1, 0.15) is 5.82 Å². The quantitative estimate of drug-likeness (QED) is 0.621. The number of nitrogens with zero attached hydrogens (tertiary/aromatic N) is 2. The lowest BCUT2D eigenvalue weighted by atomic mass is 10.2. The normalized spacial score (nSPS) is 15.7. The van der Waals surface area contributed by atoms with Crippen molar-refractivity contribution < 1.29 is 12.8 Å². The van der Waals surface area contributed by atoms with Gasteiger partial charge in [0.2, 0.25) is 0 Å². The van der Waals surface area contributed by atoms with Crippen LogP contribution in [0.1, 0.15) is 12.5 Å². The molecule has 1 aliphatic heterocycles. The molecule has 1 heterocycles. The highest BCUT2D eigenvalue weighted by Gasteiger charge is 2.41. The Hall–Kier alpha value is -2.38. The van der Waals surface area contributed by atoms with Crippen molar-refractivity contribution in [1.82, 2.24) is 5.32 Å². The van der Waals surface area contributed by atoms with E-state index in [1.54, 1.807) is 43.3 Å². The molecule has 0 unspecified atom stereocenters. The van der Waals surface area contributed by atoms with E-state index in [2.05, 4.69) is 5.32 Å². The number of hydrogen-bond donors (Lipinski definition) is 1. The Bertz CT molecular complexity index is 928. The fourth-order valence-electron chi connectivity index (χ4n) is 2.90. The fourth-order valence-corrected chi connectivity index (χ4v) is 4.57. The number of para-hydroxylation sites is 2. The van der Waals surface area contributed by atoms with Crippen molar-refractivity contribution in [2.75, 3.05) is 28.2 Å². The largest absolute Gasteiger partial charge is 0.331 e. The topological polar surface area (TPSA) is 52.6 Å². The van der Waals surface area contributed by atoms with Crippen LogP contribution in [0.3, 0.4) is 0 Å². The molecule has 0 aromatic heterocycles. The summed E-state index contributed by atoms with van der Waals surface area (Å²) >= 11 is 0. The molecule has 138 valence electrons. The van der Waals surface area contributed by atoms with Crippen LogP contribution in [0, 0.1) is 12.7 Å². The van der Waals surface area contributed by atoms with Crippen LogP contribution in [0.2, 0.25) is 0 Å². The SMILES string of the molecule is CCNCC=CCN1c2ccccc2N(c2ccc(C)cc2F)S1(=O)=O. The molecule has 0 aliphatic carbocycles. The number of aryl methyl sites for hydroxylation is 1. The maximum atomic E-state index is 14.5. The van der Waals surface area contributed by atoms with Gasteiger partial charge >= 0.3 is 10.2 Å². The summed E-state index contributed by atoms with van der Waals surface area (Å²) < 4.78 is 43.2. The molecule has 0 atom stereocenters. The van der Waals surface area contributed by atoms with Gasteiger partial charge in [-0.25, -0.2) is 13.0 Å². The van der Waals surface area contributed by atoms with Crippen LogP contribution in [0.25, 0.3) is 0 Å². The van der Waals surface area contributed by atoms with Crippen molar-refractivity contribution in [1.29, 1.82) is 0 Å². The van der Waals surface area contributed by atoms with Gasteiger partial charge in [-0.15, -0.1) is 0 Å². The Labute approximate surface area is 153 Å². The van der Waals surface area contributed by atoms with Crippen LogP contribution in [0.4, 0.5) is 21.5 Å². The zero-order valence-electron chi connectivity index (χ0n) is 14.8. The first-order chi connectivity index (χ1) is 12.5. The van der Waals surface area contributed by atoms with E-state index in [9.17, 15) is 12.8 Å². The van der Waals surface area contributed by atoms with Crippen LogP contribution in [-0.4, -0.2) is 28.1 Å². The number of fused-ring (bicyclic) bond motifs is 1. The first kappa shape index (κ1) is 18.4. The van der Waals surface area contributed by atoms with Gasteiger partial charge in [-0.2, -0.15) is 8.42 Å². The van der Waals surface area contributed by atoms with Crippen molar-refractivity contribution in [3.05, 3.63) is 66.0 Å². The monoisotopic (exact) mass is 375 g/mol.